The average molecular weight is 404 g/mol. The fourth-order valence-electron chi connectivity index (χ4n) is 3.50. The minimum absolute atomic E-state index is 0.00801. The number of anilines is 2. The number of H-pyrrole nitrogens is 1. The summed E-state index contributed by atoms with van der Waals surface area (Å²) in [4.78, 5) is 40.7. The molecule has 0 aliphatic carbocycles. The van der Waals surface area contributed by atoms with Crippen LogP contribution < -0.4 is 20.7 Å². The second-order valence-corrected chi connectivity index (χ2v) is 7.22. The van der Waals surface area contributed by atoms with E-state index in [-0.39, 0.29) is 11.6 Å². The molecule has 2 N–H and O–H groups in total. The van der Waals surface area contributed by atoms with Crippen LogP contribution in [0.4, 0.5) is 11.8 Å². The van der Waals surface area contributed by atoms with Gasteiger partial charge < -0.3 is 15.1 Å². The van der Waals surface area contributed by atoms with E-state index < -0.39 is 11.5 Å². The molecule has 2 aromatic heterocycles. The lowest BCUT2D eigenvalue weighted by molar-refractivity contribution is 0.0938. The van der Waals surface area contributed by atoms with Crippen molar-refractivity contribution in [2.24, 2.45) is 0 Å². The molecule has 4 rings (SSSR count). The van der Waals surface area contributed by atoms with Gasteiger partial charge in [-0.2, -0.15) is 0 Å². The smallest absolute Gasteiger partial charge is 0.265 e. The highest BCUT2D eigenvalue weighted by Gasteiger charge is 2.21. The van der Waals surface area contributed by atoms with Gasteiger partial charge in [0.05, 0.1) is 6.04 Å². The summed E-state index contributed by atoms with van der Waals surface area (Å²) in [6.45, 7) is 4.84. The van der Waals surface area contributed by atoms with Crippen LogP contribution in [0.3, 0.4) is 0 Å². The zero-order valence-electron chi connectivity index (χ0n) is 16.8. The van der Waals surface area contributed by atoms with E-state index in [1.54, 1.807) is 6.20 Å². The van der Waals surface area contributed by atoms with Crippen LogP contribution >= 0.6 is 0 Å². The van der Waals surface area contributed by atoms with Gasteiger partial charge in [0.15, 0.2) is 0 Å². The number of carbonyl (C=O) groups is 1. The minimum atomic E-state index is -0.440. The van der Waals surface area contributed by atoms with Gasteiger partial charge in [0.1, 0.15) is 11.4 Å². The summed E-state index contributed by atoms with van der Waals surface area (Å²) in [5, 5.41) is 2.85. The van der Waals surface area contributed by atoms with Crippen molar-refractivity contribution in [3.05, 3.63) is 82.4 Å². The Kier molecular flexibility index (Phi) is 5.74. The molecule has 3 heterocycles. The zero-order valence-corrected chi connectivity index (χ0v) is 16.8. The van der Waals surface area contributed by atoms with Crippen LogP contribution in [0.1, 0.15) is 28.9 Å². The van der Waals surface area contributed by atoms with E-state index in [2.05, 4.69) is 25.2 Å². The molecule has 0 spiro atoms. The van der Waals surface area contributed by atoms with Gasteiger partial charge in [-0.3, -0.25) is 14.6 Å². The van der Waals surface area contributed by atoms with Crippen molar-refractivity contribution in [2.75, 3.05) is 36.0 Å². The molecular weight excluding hydrogens is 380 g/mol. The SMILES string of the molecule is C[C@@H](NC(=O)c1cnc(N2CCN(c3ccccn3)CC2)[nH]c1=O)c1ccccc1. The van der Waals surface area contributed by atoms with Gasteiger partial charge in [0.2, 0.25) is 5.95 Å². The zero-order chi connectivity index (χ0) is 20.9. The Bertz CT molecular complexity index is 1050. The Hall–Kier alpha value is -3.68. The maximum absolute atomic E-state index is 12.5. The first-order valence-electron chi connectivity index (χ1n) is 9.98. The van der Waals surface area contributed by atoms with Crippen LogP contribution in [0.5, 0.6) is 0 Å². The lowest BCUT2D eigenvalue weighted by Crippen LogP contribution is -2.48. The fraction of sp³-hybridized carbons (Fsp3) is 0.273. The molecule has 8 heteroatoms. The van der Waals surface area contributed by atoms with E-state index in [4.69, 9.17) is 0 Å². The number of nitrogens with zero attached hydrogens (tertiary/aromatic N) is 4. The highest BCUT2D eigenvalue weighted by atomic mass is 16.2. The van der Waals surface area contributed by atoms with E-state index in [1.807, 2.05) is 60.4 Å². The van der Waals surface area contributed by atoms with Crippen molar-refractivity contribution >= 4 is 17.7 Å². The van der Waals surface area contributed by atoms with E-state index in [1.165, 1.54) is 6.20 Å². The molecule has 154 valence electrons. The summed E-state index contributed by atoms with van der Waals surface area (Å²) in [7, 11) is 0. The van der Waals surface area contributed by atoms with Gasteiger partial charge in [0, 0.05) is 38.6 Å². The summed E-state index contributed by atoms with van der Waals surface area (Å²) in [6, 6.07) is 15.2. The normalized spacial score (nSPS) is 15.0. The van der Waals surface area contributed by atoms with Crippen LogP contribution in [0, 0.1) is 0 Å². The van der Waals surface area contributed by atoms with E-state index >= 15 is 0 Å². The van der Waals surface area contributed by atoms with Crippen molar-refractivity contribution in [1.29, 1.82) is 0 Å². The molecule has 1 fully saturated rings. The molecule has 1 saturated heterocycles. The number of nitrogens with one attached hydrogen (secondary N) is 2. The monoisotopic (exact) mass is 404 g/mol. The standard InChI is InChI=1S/C22H24N6O2/c1-16(17-7-3-2-4-8-17)25-20(29)18-15-24-22(26-21(18)30)28-13-11-27(12-14-28)19-9-5-6-10-23-19/h2-10,15-16H,11-14H2,1H3,(H,25,29)(H,24,26,30)/t16-/m1/s1. The topological polar surface area (TPSA) is 94.2 Å². The molecule has 0 radical (unpaired) electrons. The van der Waals surface area contributed by atoms with Crippen LogP contribution in [-0.4, -0.2) is 47.0 Å². The second kappa shape index (κ2) is 8.77. The summed E-state index contributed by atoms with van der Waals surface area (Å²) >= 11 is 0. The summed E-state index contributed by atoms with van der Waals surface area (Å²) in [6.07, 6.45) is 3.13. The number of hydrogen-bond acceptors (Lipinski definition) is 6. The first-order chi connectivity index (χ1) is 14.6. The summed E-state index contributed by atoms with van der Waals surface area (Å²) in [5.41, 5.74) is 0.538. The predicted octanol–water partition coefficient (Wildman–Crippen LogP) is 1.98. The van der Waals surface area contributed by atoms with Crippen molar-refractivity contribution in [2.45, 2.75) is 13.0 Å². The summed E-state index contributed by atoms with van der Waals surface area (Å²) < 4.78 is 0. The minimum Gasteiger partial charge on any atom is -0.353 e. The number of pyridine rings is 1. The van der Waals surface area contributed by atoms with Crippen LogP contribution in [0.15, 0.2) is 65.7 Å². The Morgan fingerprint density at radius 1 is 1.00 bits per heavy atom. The highest BCUT2D eigenvalue weighted by Crippen LogP contribution is 2.15. The number of hydrogen-bond donors (Lipinski definition) is 2. The van der Waals surface area contributed by atoms with Gasteiger partial charge >= 0.3 is 0 Å². The third-order valence-electron chi connectivity index (χ3n) is 5.23. The number of benzene rings is 1. The van der Waals surface area contributed by atoms with E-state index in [0.717, 1.165) is 24.5 Å². The molecule has 3 aromatic rings. The molecule has 1 aliphatic heterocycles. The second-order valence-electron chi connectivity index (χ2n) is 7.22. The lowest BCUT2D eigenvalue weighted by atomic mass is 10.1. The highest BCUT2D eigenvalue weighted by molar-refractivity contribution is 5.93. The Labute approximate surface area is 174 Å². The predicted molar refractivity (Wildman–Crippen MR) is 116 cm³/mol. The first-order valence-corrected chi connectivity index (χ1v) is 9.98. The molecule has 1 aliphatic rings. The fourth-order valence-corrected chi connectivity index (χ4v) is 3.50. The lowest BCUT2D eigenvalue weighted by Gasteiger charge is -2.35. The van der Waals surface area contributed by atoms with Gasteiger partial charge in [-0.05, 0) is 24.6 Å². The molecule has 1 aromatic carbocycles. The molecule has 1 amide bonds. The van der Waals surface area contributed by atoms with Gasteiger partial charge in [-0.1, -0.05) is 36.4 Å². The Balaban J connectivity index is 1.40. The van der Waals surface area contributed by atoms with Crippen LogP contribution in [-0.2, 0) is 0 Å². The number of aromatic amines is 1. The quantitative estimate of drug-likeness (QED) is 0.675. The van der Waals surface area contributed by atoms with Crippen LogP contribution in [0.2, 0.25) is 0 Å². The third kappa shape index (κ3) is 4.32. The maximum atomic E-state index is 12.5. The van der Waals surface area contributed by atoms with Crippen molar-refractivity contribution in [3.8, 4) is 0 Å². The summed E-state index contributed by atoms with van der Waals surface area (Å²) in [5.74, 6) is 0.984. The van der Waals surface area contributed by atoms with Gasteiger partial charge in [-0.15, -0.1) is 0 Å². The Morgan fingerprint density at radius 2 is 1.70 bits per heavy atom. The molecule has 0 saturated carbocycles. The number of carbonyl (C=O) groups excluding carboxylic acids is 1. The van der Waals surface area contributed by atoms with Gasteiger partial charge in [0.25, 0.3) is 11.5 Å². The molecule has 8 nitrogen and oxygen atoms in total. The van der Waals surface area contributed by atoms with Crippen molar-refractivity contribution in [3.63, 3.8) is 0 Å². The largest absolute Gasteiger partial charge is 0.353 e. The maximum Gasteiger partial charge on any atom is 0.265 e. The number of amides is 1. The first kappa shape index (κ1) is 19.6. The molecule has 30 heavy (non-hydrogen) atoms. The van der Waals surface area contributed by atoms with E-state index in [0.29, 0.717) is 19.0 Å². The van der Waals surface area contributed by atoms with Crippen LogP contribution in [0.25, 0.3) is 0 Å². The van der Waals surface area contributed by atoms with E-state index in [9.17, 15) is 9.59 Å². The number of rotatable bonds is 5. The Morgan fingerprint density at radius 3 is 2.37 bits per heavy atom. The molecule has 0 unspecified atom stereocenters. The van der Waals surface area contributed by atoms with Crippen molar-refractivity contribution in [1.82, 2.24) is 20.3 Å². The molecular formula is C22H24N6O2. The molecule has 1 atom stereocenters. The number of aromatic nitrogens is 3. The number of piperazine rings is 1. The molecule has 0 bridgehead atoms. The van der Waals surface area contributed by atoms with Crippen molar-refractivity contribution < 1.29 is 4.79 Å². The third-order valence-corrected chi connectivity index (χ3v) is 5.23. The average Bonchev–Trinajstić information content (AvgIpc) is 2.80. The van der Waals surface area contributed by atoms with Gasteiger partial charge in [-0.25, -0.2) is 9.97 Å².